The fourth-order valence-electron chi connectivity index (χ4n) is 5.52. The Labute approximate surface area is 234 Å². The third-order valence-electron chi connectivity index (χ3n) is 7.56. The van der Waals surface area contributed by atoms with Crippen molar-refractivity contribution in [3.63, 3.8) is 0 Å². The van der Waals surface area contributed by atoms with Crippen molar-refractivity contribution in [2.75, 3.05) is 68.5 Å². The number of nitrogens with one attached hydrogen (secondary N) is 3. The molecule has 2 fully saturated rings. The lowest BCUT2D eigenvalue weighted by Crippen LogP contribution is -2.51. The molecule has 3 aromatic rings. The highest BCUT2D eigenvalue weighted by Gasteiger charge is 2.26. The molecule has 2 aliphatic rings. The quantitative estimate of drug-likeness (QED) is 0.301. The third kappa shape index (κ3) is 6.42. The highest BCUT2D eigenvalue weighted by Crippen LogP contribution is 2.30. The molecule has 1 amide bonds. The van der Waals surface area contributed by atoms with Gasteiger partial charge in [-0.3, -0.25) is 9.69 Å². The number of benzene rings is 2. The van der Waals surface area contributed by atoms with Crippen LogP contribution in [0.1, 0.15) is 29.8 Å². The van der Waals surface area contributed by atoms with Crippen molar-refractivity contribution in [3.8, 4) is 11.8 Å². The van der Waals surface area contributed by atoms with Crippen molar-refractivity contribution in [2.45, 2.75) is 31.3 Å². The van der Waals surface area contributed by atoms with Crippen molar-refractivity contribution in [2.24, 2.45) is 0 Å². The van der Waals surface area contributed by atoms with Crippen LogP contribution < -0.4 is 25.6 Å². The van der Waals surface area contributed by atoms with E-state index in [0.717, 1.165) is 30.2 Å². The first-order valence-electron chi connectivity index (χ1n) is 13.8. The van der Waals surface area contributed by atoms with Gasteiger partial charge in [-0.15, -0.1) is 0 Å². The number of carbonyl (C=O) groups is 1. The summed E-state index contributed by atoms with van der Waals surface area (Å²) < 4.78 is 5.46. The molecule has 5 rings (SSSR count). The molecular weight excluding hydrogens is 508 g/mol. The molecule has 1 aromatic heterocycles. The molecule has 2 aliphatic heterocycles. The Kier molecular flexibility index (Phi) is 8.91. The second-order valence-electron chi connectivity index (χ2n) is 10.2. The zero-order chi connectivity index (χ0) is 27.9. The highest BCUT2D eigenvalue weighted by atomic mass is 16.5. The summed E-state index contributed by atoms with van der Waals surface area (Å²) in [4.78, 5) is 27.4. The van der Waals surface area contributed by atoms with Crippen LogP contribution in [0.2, 0.25) is 0 Å². The Morgan fingerprint density at radius 3 is 2.95 bits per heavy atom. The lowest BCUT2D eigenvalue weighted by Gasteiger charge is -2.33. The van der Waals surface area contributed by atoms with Gasteiger partial charge < -0.3 is 30.7 Å². The summed E-state index contributed by atoms with van der Waals surface area (Å²) in [5, 5.41) is 30.2. The summed E-state index contributed by atoms with van der Waals surface area (Å²) in [7, 11) is 1.60. The predicted molar refractivity (Wildman–Crippen MR) is 155 cm³/mol. The van der Waals surface area contributed by atoms with Gasteiger partial charge >= 0.3 is 0 Å². The van der Waals surface area contributed by atoms with Crippen molar-refractivity contribution in [1.29, 1.82) is 5.26 Å². The van der Waals surface area contributed by atoms with Gasteiger partial charge in [-0.1, -0.05) is 24.3 Å². The number of anilines is 3. The zero-order valence-electron chi connectivity index (χ0n) is 22.8. The summed E-state index contributed by atoms with van der Waals surface area (Å²) in [6.45, 7) is 4.36. The third-order valence-corrected chi connectivity index (χ3v) is 7.56. The minimum Gasteiger partial charge on any atom is -0.497 e. The molecule has 2 saturated heterocycles. The number of piperazine rings is 1. The molecule has 40 heavy (non-hydrogen) atoms. The molecule has 11 nitrogen and oxygen atoms in total. The second kappa shape index (κ2) is 12.9. The van der Waals surface area contributed by atoms with E-state index in [1.807, 2.05) is 30.3 Å². The van der Waals surface area contributed by atoms with Crippen LogP contribution in [-0.2, 0) is 0 Å². The molecule has 0 aliphatic carbocycles. The molecule has 0 saturated carbocycles. The Balaban J connectivity index is 1.43. The molecule has 0 radical (unpaired) electrons. The predicted octanol–water partition coefficient (Wildman–Crippen LogP) is 2.45. The number of rotatable bonds is 10. The van der Waals surface area contributed by atoms with E-state index >= 15 is 0 Å². The van der Waals surface area contributed by atoms with Crippen LogP contribution in [0.4, 0.5) is 17.5 Å². The number of aliphatic hydroxyl groups is 1. The number of fused-ring (bicyclic) bond motifs is 1. The topological polar surface area (TPSA) is 139 Å². The van der Waals surface area contributed by atoms with Crippen LogP contribution in [-0.4, -0.2) is 91.0 Å². The van der Waals surface area contributed by atoms with Gasteiger partial charge in [0.1, 0.15) is 17.3 Å². The van der Waals surface area contributed by atoms with E-state index in [0.29, 0.717) is 62.3 Å². The van der Waals surface area contributed by atoms with Gasteiger partial charge in [-0.2, -0.15) is 10.2 Å². The summed E-state index contributed by atoms with van der Waals surface area (Å²) in [5.74, 6) is 1.32. The Morgan fingerprint density at radius 1 is 1.25 bits per heavy atom. The van der Waals surface area contributed by atoms with Gasteiger partial charge in [-0.05, 0) is 30.8 Å². The molecule has 0 unspecified atom stereocenters. The summed E-state index contributed by atoms with van der Waals surface area (Å²) in [6.07, 6.45) is 2.50. The smallest absolute Gasteiger partial charge is 0.274 e. The first-order valence-corrected chi connectivity index (χ1v) is 13.8. The number of aliphatic hydroxyl groups excluding tert-OH is 1. The molecule has 2 atom stereocenters. The molecule has 0 bridgehead atoms. The van der Waals surface area contributed by atoms with E-state index in [1.54, 1.807) is 19.2 Å². The van der Waals surface area contributed by atoms with E-state index in [2.05, 4.69) is 36.8 Å². The van der Waals surface area contributed by atoms with E-state index < -0.39 is 0 Å². The number of hydrogen-bond donors (Lipinski definition) is 4. The normalized spacial score (nSPS) is 19.4. The maximum atomic E-state index is 13.6. The van der Waals surface area contributed by atoms with Gasteiger partial charge in [0.2, 0.25) is 5.95 Å². The number of nitriles is 1. The van der Waals surface area contributed by atoms with E-state index in [-0.39, 0.29) is 30.3 Å². The largest absolute Gasteiger partial charge is 0.497 e. The number of hydrogen-bond acceptors (Lipinski definition) is 10. The monoisotopic (exact) mass is 544 g/mol. The van der Waals surface area contributed by atoms with E-state index in [9.17, 15) is 15.2 Å². The molecule has 4 N–H and O–H groups in total. The van der Waals surface area contributed by atoms with Gasteiger partial charge in [0, 0.05) is 62.3 Å². The lowest BCUT2D eigenvalue weighted by atomic mass is 10.1. The minimum atomic E-state index is -0.350. The van der Waals surface area contributed by atoms with Crippen molar-refractivity contribution >= 4 is 34.1 Å². The van der Waals surface area contributed by atoms with Gasteiger partial charge in [0.05, 0.1) is 31.9 Å². The number of amides is 1. The first-order chi connectivity index (χ1) is 19.6. The summed E-state index contributed by atoms with van der Waals surface area (Å²) in [6, 6.07) is 15.8. The average molecular weight is 545 g/mol. The minimum absolute atomic E-state index is 0.0241. The second-order valence-corrected chi connectivity index (χ2v) is 10.2. The van der Waals surface area contributed by atoms with E-state index in [1.165, 1.54) is 0 Å². The Hall–Kier alpha value is -3.98. The van der Waals surface area contributed by atoms with Crippen LogP contribution >= 0.6 is 0 Å². The number of β-amino-alcohol motifs (C(OH)–C–C–N with tert-alkyl or cyclic N) is 1. The maximum Gasteiger partial charge on any atom is 0.274 e. The molecule has 0 spiro atoms. The van der Waals surface area contributed by atoms with Crippen LogP contribution in [0.3, 0.4) is 0 Å². The summed E-state index contributed by atoms with van der Waals surface area (Å²) >= 11 is 0. The fourth-order valence-corrected chi connectivity index (χ4v) is 5.52. The molecule has 210 valence electrons. The van der Waals surface area contributed by atoms with Crippen molar-refractivity contribution < 1.29 is 14.6 Å². The molecule has 3 heterocycles. The number of carbonyl (C=O) groups excluding carboxylic acids is 1. The van der Waals surface area contributed by atoms with Gasteiger partial charge in [0.15, 0.2) is 0 Å². The fraction of sp³-hybridized carbons (Fsp3) is 0.448. The van der Waals surface area contributed by atoms with Gasteiger partial charge in [0.25, 0.3) is 5.91 Å². The van der Waals surface area contributed by atoms with Crippen LogP contribution in [0.25, 0.3) is 10.8 Å². The maximum absolute atomic E-state index is 13.6. The zero-order valence-corrected chi connectivity index (χ0v) is 22.8. The molecule has 11 heteroatoms. The van der Waals surface area contributed by atoms with Gasteiger partial charge in [-0.25, -0.2) is 4.98 Å². The number of likely N-dealkylation sites (tertiary alicyclic amines) is 1. The lowest BCUT2D eigenvalue weighted by molar-refractivity contribution is 0.102. The summed E-state index contributed by atoms with van der Waals surface area (Å²) in [5.41, 5.74) is 0.880. The number of aromatic nitrogens is 2. The molecular formula is C29H36N8O3. The highest BCUT2D eigenvalue weighted by molar-refractivity contribution is 6.09. The van der Waals surface area contributed by atoms with Crippen LogP contribution in [0, 0.1) is 11.3 Å². The van der Waals surface area contributed by atoms with Crippen molar-refractivity contribution in [1.82, 2.24) is 20.2 Å². The van der Waals surface area contributed by atoms with E-state index in [4.69, 9.17) is 9.72 Å². The van der Waals surface area contributed by atoms with Crippen molar-refractivity contribution in [3.05, 3.63) is 48.2 Å². The number of methoxy groups -OCH3 is 1. The molecule has 2 aromatic carbocycles. The Bertz CT molecular complexity index is 1380. The average Bonchev–Trinajstić information content (AvgIpc) is 3.43. The standard InChI is InChI=1S/C29H36N8O3/c1-40-23-15-20-5-2-3-7-24(20)25(16-23)33-28(39)26-17-27(37-12-10-31-21(19-37)8-9-30)35-29(34-26)32-18-22-6-4-11-36(22)13-14-38/h2-3,5,7,15-17,21-22,31,38H,4,6,8,10-14,18-19H2,1H3,(H,33,39)(H,32,34,35)/t21-,22-/m0/s1. The number of nitrogens with zero attached hydrogens (tertiary/aromatic N) is 5. The Morgan fingerprint density at radius 2 is 2.12 bits per heavy atom. The van der Waals surface area contributed by atoms with Crippen LogP contribution in [0.15, 0.2) is 42.5 Å². The number of ether oxygens (including phenoxy) is 1. The van der Waals surface area contributed by atoms with Crippen LogP contribution in [0.5, 0.6) is 5.75 Å². The SMILES string of the molecule is COc1cc(NC(=O)c2cc(N3CCN[C@@H](CC#N)C3)nc(NC[C@@H]3CCCN3CCO)n2)c2ccccc2c1. The first kappa shape index (κ1) is 27.6.